The molecule has 2 aromatic carbocycles. The lowest BCUT2D eigenvalue weighted by atomic mass is 10.0. The van der Waals surface area contributed by atoms with Crippen LogP contribution >= 0.6 is 0 Å². The maximum Gasteiger partial charge on any atom is 0.271 e. The van der Waals surface area contributed by atoms with E-state index in [2.05, 4.69) is 39.4 Å². The van der Waals surface area contributed by atoms with Crippen LogP contribution < -0.4 is 0 Å². The van der Waals surface area contributed by atoms with Crippen LogP contribution in [0.3, 0.4) is 0 Å². The highest BCUT2D eigenvalue weighted by Gasteiger charge is 2.34. The van der Waals surface area contributed by atoms with Gasteiger partial charge in [-0.25, -0.2) is 0 Å². The van der Waals surface area contributed by atoms with Gasteiger partial charge in [0, 0.05) is 30.7 Å². The predicted octanol–water partition coefficient (Wildman–Crippen LogP) is 4.36. The van der Waals surface area contributed by atoms with Crippen LogP contribution in [0.1, 0.15) is 41.7 Å². The molecule has 6 nitrogen and oxygen atoms in total. The van der Waals surface area contributed by atoms with Crippen LogP contribution in [0.5, 0.6) is 0 Å². The molecule has 6 heteroatoms. The number of amides is 1. The SMILES string of the molecule is O=C(c1cc(-c2ccccc2)n[nH]1)N1CCC(N2CCC[C@H]2COCc2ccccc2)CC1. The third kappa shape index (κ3) is 5.18. The second-order valence-corrected chi connectivity index (χ2v) is 9.09. The number of aromatic amines is 1. The summed E-state index contributed by atoms with van der Waals surface area (Å²) in [5.74, 6) is 0.0484. The Morgan fingerprint density at radius 1 is 0.970 bits per heavy atom. The fourth-order valence-electron chi connectivity index (χ4n) is 5.16. The van der Waals surface area contributed by atoms with Gasteiger partial charge in [0.1, 0.15) is 5.69 Å². The number of benzene rings is 2. The molecule has 0 spiro atoms. The molecule has 0 aliphatic carbocycles. The zero-order chi connectivity index (χ0) is 22.5. The molecule has 5 rings (SSSR count). The molecule has 2 aliphatic heterocycles. The first-order chi connectivity index (χ1) is 16.3. The van der Waals surface area contributed by atoms with Crippen molar-refractivity contribution >= 4 is 5.91 Å². The van der Waals surface area contributed by atoms with Gasteiger partial charge in [0.05, 0.1) is 18.9 Å². The smallest absolute Gasteiger partial charge is 0.271 e. The highest BCUT2D eigenvalue weighted by atomic mass is 16.5. The van der Waals surface area contributed by atoms with Gasteiger partial charge in [-0.2, -0.15) is 5.10 Å². The summed E-state index contributed by atoms with van der Waals surface area (Å²) in [6, 6.07) is 23.2. The van der Waals surface area contributed by atoms with Crippen molar-refractivity contribution in [2.45, 2.75) is 44.4 Å². The fraction of sp³-hybridized carbons (Fsp3) is 0.407. The average molecular weight is 445 g/mol. The summed E-state index contributed by atoms with van der Waals surface area (Å²) >= 11 is 0. The van der Waals surface area contributed by atoms with E-state index in [1.807, 2.05) is 47.4 Å². The number of ether oxygens (including phenoxy) is 1. The van der Waals surface area contributed by atoms with E-state index in [1.54, 1.807) is 0 Å². The molecule has 1 aromatic heterocycles. The summed E-state index contributed by atoms with van der Waals surface area (Å²) in [6.07, 6.45) is 4.46. The van der Waals surface area contributed by atoms with Gasteiger partial charge in [-0.05, 0) is 43.9 Å². The molecule has 2 aliphatic rings. The van der Waals surface area contributed by atoms with Gasteiger partial charge in [-0.3, -0.25) is 14.8 Å². The molecule has 0 saturated carbocycles. The minimum atomic E-state index is 0.0484. The Labute approximate surface area is 195 Å². The van der Waals surface area contributed by atoms with Gasteiger partial charge in [0.25, 0.3) is 5.91 Å². The molecular formula is C27H32N4O2. The first-order valence-electron chi connectivity index (χ1n) is 12.1. The normalized spacial score (nSPS) is 19.8. The van der Waals surface area contributed by atoms with Crippen LogP contribution in [-0.4, -0.2) is 64.2 Å². The van der Waals surface area contributed by atoms with Crippen LogP contribution in [0.15, 0.2) is 66.7 Å². The molecule has 0 unspecified atom stereocenters. The highest BCUT2D eigenvalue weighted by molar-refractivity contribution is 5.93. The van der Waals surface area contributed by atoms with Crippen molar-refractivity contribution in [2.75, 3.05) is 26.2 Å². The van der Waals surface area contributed by atoms with Crippen molar-refractivity contribution in [2.24, 2.45) is 0 Å². The molecular weight excluding hydrogens is 412 g/mol. The number of nitrogens with one attached hydrogen (secondary N) is 1. The number of hydrogen-bond donors (Lipinski definition) is 1. The topological polar surface area (TPSA) is 61.5 Å². The van der Waals surface area contributed by atoms with Crippen LogP contribution in [0, 0.1) is 0 Å². The number of piperidine rings is 1. The highest BCUT2D eigenvalue weighted by Crippen LogP contribution is 2.27. The summed E-state index contributed by atoms with van der Waals surface area (Å²) in [5.41, 5.74) is 3.62. The fourth-order valence-corrected chi connectivity index (χ4v) is 5.16. The Balaban J connectivity index is 1.12. The Morgan fingerprint density at radius 2 is 1.70 bits per heavy atom. The zero-order valence-corrected chi connectivity index (χ0v) is 19.0. The Hall–Kier alpha value is -2.96. The lowest BCUT2D eigenvalue weighted by Gasteiger charge is -2.39. The minimum absolute atomic E-state index is 0.0484. The molecule has 2 saturated heterocycles. The summed E-state index contributed by atoms with van der Waals surface area (Å²) in [4.78, 5) is 17.6. The molecule has 0 radical (unpaired) electrons. The summed E-state index contributed by atoms with van der Waals surface area (Å²) in [7, 11) is 0. The molecule has 3 heterocycles. The van der Waals surface area contributed by atoms with E-state index in [9.17, 15) is 4.79 Å². The lowest BCUT2D eigenvalue weighted by molar-refractivity contribution is 0.0313. The van der Waals surface area contributed by atoms with Gasteiger partial charge < -0.3 is 9.64 Å². The third-order valence-corrected chi connectivity index (χ3v) is 6.94. The van der Waals surface area contributed by atoms with Gasteiger partial charge in [0.2, 0.25) is 0 Å². The first kappa shape index (κ1) is 21.9. The van der Waals surface area contributed by atoms with E-state index < -0.39 is 0 Å². The molecule has 0 bridgehead atoms. The number of aromatic nitrogens is 2. The van der Waals surface area contributed by atoms with Gasteiger partial charge in [0.15, 0.2) is 0 Å². The quantitative estimate of drug-likeness (QED) is 0.588. The zero-order valence-electron chi connectivity index (χ0n) is 19.0. The number of likely N-dealkylation sites (tertiary alicyclic amines) is 2. The standard InChI is InChI=1S/C27H32N4O2/c32-27(26-18-25(28-29-26)22-10-5-2-6-11-22)30-16-13-23(14-17-30)31-15-7-12-24(31)20-33-19-21-8-3-1-4-9-21/h1-6,8-11,18,23-24H,7,12-17,19-20H2,(H,28,29)/t24-/m0/s1. The molecule has 3 aromatic rings. The van der Waals surface area contributed by atoms with Crippen LogP contribution in [0.4, 0.5) is 0 Å². The Kier molecular flexibility index (Phi) is 6.84. The van der Waals surface area contributed by atoms with Crippen LogP contribution in [0.2, 0.25) is 0 Å². The Morgan fingerprint density at radius 3 is 2.45 bits per heavy atom. The average Bonchev–Trinajstić information content (AvgIpc) is 3.55. The summed E-state index contributed by atoms with van der Waals surface area (Å²) in [5, 5.41) is 7.29. The monoisotopic (exact) mass is 444 g/mol. The summed E-state index contributed by atoms with van der Waals surface area (Å²) < 4.78 is 6.06. The Bertz CT molecular complexity index is 1030. The maximum atomic E-state index is 13.0. The molecule has 172 valence electrons. The van der Waals surface area contributed by atoms with Crippen LogP contribution in [0.25, 0.3) is 11.3 Å². The van der Waals surface area contributed by atoms with Crippen molar-refractivity contribution in [1.82, 2.24) is 20.0 Å². The van der Waals surface area contributed by atoms with E-state index in [-0.39, 0.29) is 5.91 Å². The van der Waals surface area contributed by atoms with Crippen LogP contribution in [-0.2, 0) is 11.3 Å². The minimum Gasteiger partial charge on any atom is -0.375 e. The molecule has 1 atom stereocenters. The van der Waals surface area contributed by atoms with Crippen molar-refractivity contribution in [3.8, 4) is 11.3 Å². The van der Waals surface area contributed by atoms with E-state index in [1.165, 1.54) is 18.4 Å². The van der Waals surface area contributed by atoms with Crippen molar-refractivity contribution in [3.05, 3.63) is 78.0 Å². The van der Waals surface area contributed by atoms with Gasteiger partial charge >= 0.3 is 0 Å². The maximum absolute atomic E-state index is 13.0. The summed E-state index contributed by atoms with van der Waals surface area (Å²) in [6.45, 7) is 4.17. The number of hydrogen-bond acceptors (Lipinski definition) is 4. The lowest BCUT2D eigenvalue weighted by Crippen LogP contribution is -2.49. The first-order valence-corrected chi connectivity index (χ1v) is 12.1. The number of nitrogens with zero attached hydrogens (tertiary/aromatic N) is 3. The molecule has 1 amide bonds. The molecule has 1 N–H and O–H groups in total. The van der Waals surface area contributed by atoms with E-state index in [0.717, 1.165) is 50.3 Å². The number of H-pyrrole nitrogens is 1. The van der Waals surface area contributed by atoms with Crippen molar-refractivity contribution in [1.29, 1.82) is 0 Å². The largest absolute Gasteiger partial charge is 0.375 e. The predicted molar refractivity (Wildman–Crippen MR) is 129 cm³/mol. The van der Waals surface area contributed by atoms with Crippen molar-refractivity contribution in [3.63, 3.8) is 0 Å². The third-order valence-electron chi connectivity index (χ3n) is 6.94. The number of rotatable bonds is 7. The van der Waals surface area contributed by atoms with E-state index in [4.69, 9.17) is 4.74 Å². The number of carbonyl (C=O) groups excluding carboxylic acids is 1. The number of carbonyl (C=O) groups is 1. The second-order valence-electron chi connectivity index (χ2n) is 9.09. The molecule has 2 fully saturated rings. The second kappa shape index (κ2) is 10.3. The molecule has 33 heavy (non-hydrogen) atoms. The van der Waals surface area contributed by atoms with Crippen molar-refractivity contribution < 1.29 is 9.53 Å². The van der Waals surface area contributed by atoms with Gasteiger partial charge in [-0.15, -0.1) is 0 Å². The van der Waals surface area contributed by atoms with E-state index >= 15 is 0 Å². The van der Waals surface area contributed by atoms with E-state index in [0.29, 0.717) is 24.4 Å². The van der Waals surface area contributed by atoms with Gasteiger partial charge in [-0.1, -0.05) is 60.7 Å².